The van der Waals surface area contributed by atoms with Crippen LogP contribution in [-0.4, -0.2) is 28.4 Å². The minimum Gasteiger partial charge on any atom is -0.395 e. The van der Waals surface area contributed by atoms with Gasteiger partial charge in [-0.15, -0.1) is 11.3 Å². The van der Waals surface area contributed by atoms with Crippen molar-refractivity contribution in [1.29, 1.82) is 0 Å². The number of hydrogen-bond donors (Lipinski definition) is 3. The molecule has 0 radical (unpaired) electrons. The first kappa shape index (κ1) is 16.8. The Morgan fingerprint density at radius 3 is 2.88 bits per heavy atom. The normalized spacial score (nSPS) is 12.0. The van der Waals surface area contributed by atoms with Gasteiger partial charge in [-0.1, -0.05) is 24.3 Å². The van der Waals surface area contributed by atoms with Crippen molar-refractivity contribution in [3.63, 3.8) is 0 Å². The molecule has 3 N–H and O–H groups in total. The number of thiophene rings is 1. The molecule has 0 aliphatic heterocycles. The van der Waals surface area contributed by atoms with Crippen molar-refractivity contribution in [2.24, 2.45) is 0 Å². The van der Waals surface area contributed by atoms with Crippen molar-refractivity contribution in [2.45, 2.75) is 12.5 Å². The van der Waals surface area contributed by atoms with Gasteiger partial charge >= 0.3 is 0 Å². The summed E-state index contributed by atoms with van der Waals surface area (Å²) in [5.41, 5.74) is 2.23. The summed E-state index contributed by atoms with van der Waals surface area (Å²) in [6.45, 7) is 0.502. The lowest BCUT2D eigenvalue weighted by Gasteiger charge is -2.20. The first-order valence-electron chi connectivity index (χ1n) is 7.79. The van der Waals surface area contributed by atoms with Crippen LogP contribution in [0.1, 0.15) is 16.5 Å². The van der Waals surface area contributed by atoms with Crippen LogP contribution in [0.2, 0.25) is 0 Å². The number of aromatic nitrogens is 1. The highest BCUT2D eigenvalue weighted by Gasteiger charge is 2.16. The van der Waals surface area contributed by atoms with Gasteiger partial charge in [-0.05, 0) is 47.8 Å². The van der Waals surface area contributed by atoms with Crippen LogP contribution in [0.3, 0.4) is 0 Å². The number of thiocarbonyl (C=S) groups is 1. The van der Waals surface area contributed by atoms with E-state index in [1.54, 1.807) is 11.3 Å². The summed E-state index contributed by atoms with van der Waals surface area (Å²) in [5, 5.41) is 19.1. The third-order valence-electron chi connectivity index (χ3n) is 3.75. The third kappa shape index (κ3) is 4.08. The first-order valence-corrected chi connectivity index (χ1v) is 9.08. The molecule has 3 rings (SSSR count). The molecule has 2 heterocycles. The Kier molecular flexibility index (Phi) is 5.74. The Bertz CT molecular complexity index is 800. The Morgan fingerprint density at radius 2 is 2.08 bits per heavy atom. The monoisotopic (exact) mass is 357 g/mol. The molecule has 2 aromatic heterocycles. The van der Waals surface area contributed by atoms with E-state index in [0.717, 1.165) is 17.3 Å². The van der Waals surface area contributed by atoms with E-state index in [0.29, 0.717) is 11.7 Å². The van der Waals surface area contributed by atoms with Crippen molar-refractivity contribution in [1.82, 2.24) is 15.6 Å². The van der Waals surface area contributed by atoms with Crippen LogP contribution in [0, 0.1) is 0 Å². The number of aliphatic hydroxyl groups is 1. The minimum atomic E-state index is 0.0560. The van der Waals surface area contributed by atoms with Crippen molar-refractivity contribution in [2.75, 3.05) is 13.2 Å². The van der Waals surface area contributed by atoms with E-state index in [-0.39, 0.29) is 12.6 Å². The van der Waals surface area contributed by atoms with Gasteiger partial charge in [0.15, 0.2) is 5.11 Å². The first-order chi connectivity index (χ1) is 11.8. The summed E-state index contributed by atoms with van der Waals surface area (Å²) in [6, 6.07) is 14.5. The second-order valence-corrected chi connectivity index (χ2v) is 6.77. The predicted molar refractivity (Wildman–Crippen MR) is 103 cm³/mol. The van der Waals surface area contributed by atoms with E-state index in [2.05, 4.69) is 39.2 Å². The molecule has 0 aliphatic rings. The van der Waals surface area contributed by atoms with Gasteiger partial charge in [0.05, 0.1) is 18.2 Å². The Morgan fingerprint density at radius 1 is 1.21 bits per heavy atom. The second kappa shape index (κ2) is 8.19. The third-order valence-corrected chi connectivity index (χ3v) is 5.00. The molecule has 0 bridgehead atoms. The van der Waals surface area contributed by atoms with Crippen LogP contribution >= 0.6 is 23.6 Å². The van der Waals surface area contributed by atoms with Crippen LogP contribution in [0.5, 0.6) is 0 Å². The number of fused-ring (bicyclic) bond motifs is 1. The van der Waals surface area contributed by atoms with E-state index >= 15 is 0 Å². The molecule has 3 aromatic rings. The highest BCUT2D eigenvalue weighted by molar-refractivity contribution is 7.80. The summed E-state index contributed by atoms with van der Waals surface area (Å²) in [4.78, 5) is 5.66. The standard InChI is InChI=1S/C18H19N3OS2/c22-10-9-20-18(23)21-16(17-6-3-11-24-17)12-13-7-8-19-15-5-2-1-4-14(13)15/h1-8,11,16,22H,9-10,12H2,(H2,20,21,23). The molecule has 4 nitrogen and oxygen atoms in total. The summed E-state index contributed by atoms with van der Waals surface area (Å²) in [6.07, 6.45) is 2.66. The van der Waals surface area contributed by atoms with Gasteiger partial charge in [0.2, 0.25) is 0 Å². The van der Waals surface area contributed by atoms with Crippen LogP contribution in [0.15, 0.2) is 54.0 Å². The van der Waals surface area contributed by atoms with Crippen LogP contribution < -0.4 is 10.6 Å². The molecule has 0 saturated heterocycles. The molecule has 1 aromatic carbocycles. The van der Waals surface area contributed by atoms with E-state index < -0.39 is 0 Å². The number of nitrogens with one attached hydrogen (secondary N) is 2. The second-order valence-electron chi connectivity index (χ2n) is 5.38. The maximum atomic E-state index is 8.93. The highest BCUT2D eigenvalue weighted by atomic mass is 32.1. The molecule has 0 saturated carbocycles. The van der Waals surface area contributed by atoms with Crippen LogP contribution in [-0.2, 0) is 6.42 Å². The number of rotatable bonds is 6. The molecule has 0 aliphatic carbocycles. The van der Waals surface area contributed by atoms with Gasteiger partial charge < -0.3 is 15.7 Å². The summed E-state index contributed by atoms with van der Waals surface area (Å²) >= 11 is 7.05. The molecule has 124 valence electrons. The lowest BCUT2D eigenvalue weighted by atomic mass is 10.0. The lowest BCUT2D eigenvalue weighted by molar-refractivity contribution is 0.300. The topological polar surface area (TPSA) is 57.2 Å². The van der Waals surface area contributed by atoms with Crippen LogP contribution in [0.25, 0.3) is 10.9 Å². The average molecular weight is 358 g/mol. The number of pyridine rings is 1. The van der Waals surface area contributed by atoms with Gasteiger partial charge in [0.1, 0.15) is 0 Å². The largest absolute Gasteiger partial charge is 0.395 e. The minimum absolute atomic E-state index is 0.0560. The van der Waals surface area contributed by atoms with E-state index in [4.69, 9.17) is 17.3 Å². The van der Waals surface area contributed by atoms with Gasteiger partial charge in [0.25, 0.3) is 0 Å². The SMILES string of the molecule is OCCNC(=S)NC(Cc1ccnc2ccccc12)c1cccs1. The van der Waals surface area contributed by atoms with Crippen LogP contribution in [0.4, 0.5) is 0 Å². The van der Waals surface area contributed by atoms with Crippen molar-refractivity contribution < 1.29 is 5.11 Å². The molecule has 0 fully saturated rings. The maximum Gasteiger partial charge on any atom is 0.166 e. The zero-order chi connectivity index (χ0) is 16.8. The number of para-hydroxylation sites is 1. The molecular formula is C18H19N3OS2. The number of benzene rings is 1. The Balaban J connectivity index is 1.84. The van der Waals surface area contributed by atoms with Crippen molar-refractivity contribution in [3.05, 3.63) is 64.5 Å². The molecular weight excluding hydrogens is 338 g/mol. The van der Waals surface area contributed by atoms with E-state index in [1.165, 1.54) is 10.4 Å². The van der Waals surface area contributed by atoms with Gasteiger partial charge in [-0.3, -0.25) is 4.98 Å². The number of hydrogen-bond acceptors (Lipinski definition) is 4. The number of nitrogens with zero attached hydrogens (tertiary/aromatic N) is 1. The van der Waals surface area contributed by atoms with Crippen molar-refractivity contribution >= 4 is 39.6 Å². The molecule has 0 amide bonds. The van der Waals surface area contributed by atoms with E-state index in [9.17, 15) is 0 Å². The fraction of sp³-hybridized carbons (Fsp3) is 0.222. The summed E-state index contributed by atoms with van der Waals surface area (Å²) in [7, 11) is 0. The lowest BCUT2D eigenvalue weighted by Crippen LogP contribution is -2.39. The zero-order valence-electron chi connectivity index (χ0n) is 13.1. The zero-order valence-corrected chi connectivity index (χ0v) is 14.7. The molecule has 0 spiro atoms. The van der Waals surface area contributed by atoms with Gasteiger partial charge in [-0.2, -0.15) is 0 Å². The predicted octanol–water partition coefficient (Wildman–Crippen LogP) is 3.04. The van der Waals surface area contributed by atoms with Gasteiger partial charge in [0, 0.05) is 23.0 Å². The Labute approximate surface area is 150 Å². The smallest absolute Gasteiger partial charge is 0.166 e. The fourth-order valence-corrected chi connectivity index (χ4v) is 3.67. The molecule has 1 atom stereocenters. The molecule has 24 heavy (non-hydrogen) atoms. The average Bonchev–Trinajstić information content (AvgIpc) is 3.14. The number of aliphatic hydroxyl groups excluding tert-OH is 1. The molecule has 1 unspecified atom stereocenters. The summed E-state index contributed by atoms with van der Waals surface area (Å²) < 4.78 is 0. The van der Waals surface area contributed by atoms with Gasteiger partial charge in [-0.25, -0.2) is 0 Å². The Hall–Kier alpha value is -2.02. The molecule has 6 heteroatoms. The van der Waals surface area contributed by atoms with E-state index in [1.807, 2.05) is 30.5 Å². The maximum absolute atomic E-state index is 8.93. The summed E-state index contributed by atoms with van der Waals surface area (Å²) in [5.74, 6) is 0. The fourth-order valence-electron chi connectivity index (χ4n) is 2.64. The quantitative estimate of drug-likeness (QED) is 0.592. The van der Waals surface area contributed by atoms with Crippen molar-refractivity contribution in [3.8, 4) is 0 Å². The highest BCUT2D eigenvalue weighted by Crippen LogP contribution is 2.26.